The highest BCUT2D eigenvalue weighted by atomic mass is 35.5. The quantitative estimate of drug-likeness (QED) is 0.610. The molecule has 7 heteroatoms. The summed E-state index contributed by atoms with van der Waals surface area (Å²) < 4.78 is 27.0. The number of rotatable bonds is 6. The fourth-order valence-electron chi connectivity index (χ4n) is 1.09. The topological polar surface area (TPSA) is 64.0 Å². The fourth-order valence-corrected chi connectivity index (χ4v) is 2.43. The Labute approximate surface area is 94.5 Å². The molecule has 0 bridgehead atoms. The van der Waals surface area contributed by atoms with E-state index in [0.717, 1.165) is 0 Å². The SMILES string of the molecule is Cn1cc(NS(=O)(=O)CCCCCl)cn1. The molecule has 0 amide bonds. The average molecular weight is 252 g/mol. The number of aromatic nitrogens is 2. The van der Waals surface area contributed by atoms with E-state index < -0.39 is 10.0 Å². The van der Waals surface area contributed by atoms with Crippen LogP contribution in [0, 0.1) is 0 Å². The van der Waals surface area contributed by atoms with E-state index >= 15 is 0 Å². The molecule has 0 atom stereocenters. The van der Waals surface area contributed by atoms with Gasteiger partial charge in [0.15, 0.2) is 0 Å². The first kappa shape index (κ1) is 12.3. The zero-order valence-corrected chi connectivity index (χ0v) is 10.1. The van der Waals surface area contributed by atoms with E-state index in [0.29, 0.717) is 24.4 Å². The van der Waals surface area contributed by atoms with Crippen LogP contribution in [0.25, 0.3) is 0 Å². The Kier molecular flexibility index (Phi) is 4.41. The summed E-state index contributed by atoms with van der Waals surface area (Å²) in [6.07, 6.45) is 4.35. The lowest BCUT2D eigenvalue weighted by atomic mass is 10.4. The highest BCUT2D eigenvalue weighted by molar-refractivity contribution is 7.92. The Morgan fingerprint density at radius 2 is 2.27 bits per heavy atom. The summed E-state index contributed by atoms with van der Waals surface area (Å²) in [5, 5.41) is 3.87. The molecule has 5 nitrogen and oxygen atoms in total. The number of unbranched alkanes of at least 4 members (excludes halogenated alkanes) is 1. The number of alkyl halides is 1. The van der Waals surface area contributed by atoms with Gasteiger partial charge in [0.25, 0.3) is 0 Å². The average Bonchev–Trinajstić information content (AvgIpc) is 2.50. The second-order valence-electron chi connectivity index (χ2n) is 3.22. The molecular formula is C8H14ClN3O2S. The standard InChI is InChI=1S/C8H14ClN3O2S/c1-12-7-8(6-10-12)11-15(13,14)5-3-2-4-9/h6-7,11H,2-5H2,1H3. The second kappa shape index (κ2) is 5.37. The maximum atomic E-state index is 11.5. The maximum absolute atomic E-state index is 11.5. The van der Waals surface area contributed by atoms with Crippen molar-refractivity contribution in [3.05, 3.63) is 12.4 Å². The molecule has 0 aliphatic rings. The summed E-state index contributed by atoms with van der Waals surface area (Å²) in [6, 6.07) is 0. The van der Waals surface area contributed by atoms with Crippen molar-refractivity contribution in [2.45, 2.75) is 12.8 Å². The van der Waals surface area contributed by atoms with Crippen LogP contribution >= 0.6 is 11.6 Å². The van der Waals surface area contributed by atoms with Gasteiger partial charge in [0, 0.05) is 19.1 Å². The summed E-state index contributed by atoms with van der Waals surface area (Å²) in [5.41, 5.74) is 0.489. The lowest BCUT2D eigenvalue weighted by molar-refractivity contribution is 0.598. The summed E-state index contributed by atoms with van der Waals surface area (Å²) in [4.78, 5) is 0. The van der Waals surface area contributed by atoms with Crippen LogP contribution in [-0.4, -0.2) is 29.8 Å². The number of sulfonamides is 1. The molecule has 1 N–H and O–H groups in total. The molecule has 86 valence electrons. The van der Waals surface area contributed by atoms with Gasteiger partial charge in [0.05, 0.1) is 17.6 Å². The lowest BCUT2D eigenvalue weighted by Crippen LogP contribution is -2.16. The summed E-state index contributed by atoms with van der Waals surface area (Å²) in [7, 11) is -1.53. The molecule has 1 heterocycles. The van der Waals surface area contributed by atoms with E-state index in [-0.39, 0.29) is 5.75 Å². The first-order chi connectivity index (χ1) is 7.03. The molecule has 0 fully saturated rings. The number of halogens is 1. The third-order valence-corrected chi connectivity index (χ3v) is 3.42. The molecule has 0 saturated heterocycles. The van der Waals surface area contributed by atoms with Crippen LogP contribution in [0.3, 0.4) is 0 Å². The van der Waals surface area contributed by atoms with Crippen LogP contribution in [-0.2, 0) is 17.1 Å². The molecular weight excluding hydrogens is 238 g/mol. The fraction of sp³-hybridized carbons (Fsp3) is 0.625. The monoisotopic (exact) mass is 251 g/mol. The van der Waals surface area contributed by atoms with Gasteiger partial charge in [0.2, 0.25) is 10.0 Å². The van der Waals surface area contributed by atoms with Crippen molar-refractivity contribution in [2.75, 3.05) is 16.4 Å². The predicted molar refractivity (Wildman–Crippen MR) is 60.6 cm³/mol. The van der Waals surface area contributed by atoms with Crippen molar-refractivity contribution in [3.8, 4) is 0 Å². The van der Waals surface area contributed by atoms with Gasteiger partial charge in [0.1, 0.15) is 0 Å². The Morgan fingerprint density at radius 3 is 2.80 bits per heavy atom. The van der Waals surface area contributed by atoms with Gasteiger partial charge in [-0.15, -0.1) is 11.6 Å². The first-order valence-electron chi connectivity index (χ1n) is 4.58. The van der Waals surface area contributed by atoms with Gasteiger partial charge in [-0.3, -0.25) is 9.40 Å². The van der Waals surface area contributed by atoms with Crippen molar-refractivity contribution < 1.29 is 8.42 Å². The van der Waals surface area contributed by atoms with E-state index in [1.165, 1.54) is 10.9 Å². The summed E-state index contributed by atoms with van der Waals surface area (Å²) in [6.45, 7) is 0. The van der Waals surface area contributed by atoms with Crippen molar-refractivity contribution >= 4 is 27.3 Å². The number of hydrogen-bond donors (Lipinski definition) is 1. The second-order valence-corrected chi connectivity index (χ2v) is 5.44. The van der Waals surface area contributed by atoms with Gasteiger partial charge >= 0.3 is 0 Å². The molecule has 0 saturated carbocycles. The number of hydrogen-bond acceptors (Lipinski definition) is 3. The molecule has 1 aromatic rings. The zero-order chi connectivity index (χ0) is 11.3. The highest BCUT2D eigenvalue weighted by Gasteiger charge is 2.10. The Balaban J connectivity index is 2.49. The third-order valence-electron chi connectivity index (χ3n) is 1.77. The molecule has 0 aliphatic carbocycles. The van der Waals surface area contributed by atoms with Crippen LogP contribution in [0.5, 0.6) is 0 Å². The van der Waals surface area contributed by atoms with E-state index in [2.05, 4.69) is 9.82 Å². The Hall–Kier alpha value is -0.750. The molecule has 1 rings (SSSR count). The van der Waals surface area contributed by atoms with Crippen molar-refractivity contribution in [1.82, 2.24) is 9.78 Å². The van der Waals surface area contributed by atoms with Crippen LogP contribution in [0.2, 0.25) is 0 Å². The summed E-state index contributed by atoms with van der Waals surface area (Å²) in [5.74, 6) is 0.580. The minimum absolute atomic E-state index is 0.0919. The van der Waals surface area contributed by atoms with Crippen molar-refractivity contribution in [2.24, 2.45) is 7.05 Å². The smallest absolute Gasteiger partial charge is 0.232 e. The van der Waals surface area contributed by atoms with Crippen LogP contribution in [0.15, 0.2) is 12.4 Å². The van der Waals surface area contributed by atoms with Gasteiger partial charge in [-0.2, -0.15) is 5.10 Å². The normalized spacial score (nSPS) is 11.6. The van der Waals surface area contributed by atoms with Gasteiger partial charge < -0.3 is 0 Å². The molecule has 0 aliphatic heterocycles. The largest absolute Gasteiger partial charge is 0.280 e. The van der Waals surface area contributed by atoms with Crippen LogP contribution in [0.4, 0.5) is 5.69 Å². The van der Waals surface area contributed by atoms with Gasteiger partial charge in [-0.05, 0) is 12.8 Å². The molecule has 15 heavy (non-hydrogen) atoms. The van der Waals surface area contributed by atoms with Gasteiger partial charge in [-0.25, -0.2) is 8.42 Å². The summed E-state index contributed by atoms with van der Waals surface area (Å²) >= 11 is 5.47. The van der Waals surface area contributed by atoms with Crippen molar-refractivity contribution in [3.63, 3.8) is 0 Å². The van der Waals surface area contributed by atoms with E-state index in [1.54, 1.807) is 13.2 Å². The number of nitrogens with one attached hydrogen (secondary N) is 1. The molecule has 1 aromatic heterocycles. The van der Waals surface area contributed by atoms with Crippen LogP contribution < -0.4 is 4.72 Å². The van der Waals surface area contributed by atoms with Gasteiger partial charge in [-0.1, -0.05) is 0 Å². The Bertz CT molecular complexity index is 402. The highest BCUT2D eigenvalue weighted by Crippen LogP contribution is 2.08. The van der Waals surface area contributed by atoms with Crippen molar-refractivity contribution in [1.29, 1.82) is 0 Å². The number of anilines is 1. The molecule has 0 radical (unpaired) electrons. The third kappa shape index (κ3) is 4.53. The van der Waals surface area contributed by atoms with E-state index in [4.69, 9.17) is 11.6 Å². The van der Waals surface area contributed by atoms with Crippen LogP contribution in [0.1, 0.15) is 12.8 Å². The molecule has 0 aromatic carbocycles. The molecule has 0 spiro atoms. The first-order valence-corrected chi connectivity index (χ1v) is 6.77. The predicted octanol–water partition coefficient (Wildman–Crippen LogP) is 1.18. The van der Waals surface area contributed by atoms with E-state index in [9.17, 15) is 8.42 Å². The maximum Gasteiger partial charge on any atom is 0.232 e. The Morgan fingerprint density at radius 1 is 1.53 bits per heavy atom. The van der Waals surface area contributed by atoms with E-state index in [1.807, 2.05) is 0 Å². The number of nitrogens with zero attached hydrogens (tertiary/aromatic N) is 2. The molecule has 0 unspecified atom stereocenters. The minimum atomic E-state index is -3.26. The number of aryl methyl sites for hydroxylation is 1. The minimum Gasteiger partial charge on any atom is -0.280 e. The zero-order valence-electron chi connectivity index (χ0n) is 8.48. The lowest BCUT2D eigenvalue weighted by Gasteiger charge is -2.04.